The summed E-state index contributed by atoms with van der Waals surface area (Å²) in [4.78, 5) is 27.6. The number of nitrogens with zero attached hydrogens (tertiary/aromatic N) is 4. The average molecular weight is 333 g/mol. The lowest BCUT2D eigenvalue weighted by Crippen LogP contribution is -2.24. The third-order valence-electron chi connectivity index (χ3n) is 3.73. The van der Waals surface area contributed by atoms with Crippen molar-refractivity contribution in [1.82, 2.24) is 35.3 Å². The van der Waals surface area contributed by atoms with Crippen LogP contribution in [0.4, 0.5) is 0 Å². The van der Waals surface area contributed by atoms with Gasteiger partial charge in [0, 0.05) is 11.6 Å². The van der Waals surface area contributed by atoms with Crippen molar-refractivity contribution >= 4 is 22.6 Å². The van der Waals surface area contributed by atoms with Gasteiger partial charge in [-0.3, -0.25) is 14.7 Å². The molecule has 0 radical (unpaired) electrons. The Labute approximate surface area is 140 Å². The number of H-pyrrole nitrogens is 2. The molecule has 0 saturated heterocycles. The van der Waals surface area contributed by atoms with Crippen molar-refractivity contribution in [3.05, 3.63) is 46.4 Å². The molecule has 0 bridgehead atoms. The summed E-state index contributed by atoms with van der Waals surface area (Å²) in [7, 11) is 0. The zero-order valence-corrected chi connectivity index (χ0v) is 12.8. The molecule has 3 N–H and O–H groups in total. The highest BCUT2D eigenvalue weighted by atomic mass is 16.2. The van der Waals surface area contributed by atoms with Gasteiger partial charge in [0.1, 0.15) is 11.1 Å². The maximum atomic E-state index is 12.3. The second-order valence-electron chi connectivity index (χ2n) is 5.27. The monoisotopic (exact) mass is 333 g/mol. The van der Waals surface area contributed by atoms with Crippen molar-refractivity contribution in [1.29, 1.82) is 0 Å². The van der Waals surface area contributed by atoms with E-state index in [4.69, 9.17) is 6.42 Å². The Morgan fingerprint density at radius 3 is 3.08 bits per heavy atom. The molecule has 0 aliphatic rings. The maximum absolute atomic E-state index is 12.3. The largest absolute Gasteiger partial charge is 0.341 e. The lowest BCUT2D eigenvalue weighted by molar-refractivity contribution is 0.0960. The average Bonchev–Trinajstić information content (AvgIpc) is 3.25. The topological polar surface area (TPSA) is 121 Å². The van der Waals surface area contributed by atoms with Gasteiger partial charge in [-0.05, 0) is 12.1 Å². The van der Waals surface area contributed by atoms with Gasteiger partial charge in [0.25, 0.3) is 11.5 Å². The molecule has 3 aromatic heterocycles. The van der Waals surface area contributed by atoms with Gasteiger partial charge in [0.15, 0.2) is 5.65 Å². The number of amides is 1. The van der Waals surface area contributed by atoms with Crippen LogP contribution in [0, 0.1) is 12.3 Å². The fraction of sp³-hybridized carbons (Fsp3) is 0.0625. The Hall–Kier alpha value is -3.93. The molecule has 3 heterocycles. The van der Waals surface area contributed by atoms with E-state index in [1.54, 1.807) is 6.07 Å². The van der Waals surface area contributed by atoms with Crippen molar-refractivity contribution in [2.24, 2.45) is 0 Å². The molecule has 0 aliphatic carbocycles. The standard InChI is InChI=1S/C16H11N7O2/c1-2-5-17-16(25)10-8-18-23-14(24)7-12(19-15(10)23)9-3-4-11-13(6-9)21-22-20-11/h1,3-4,6-8,19H,5H2,(H,17,25)(H,20,21,22). The van der Waals surface area contributed by atoms with Gasteiger partial charge < -0.3 is 10.3 Å². The van der Waals surface area contributed by atoms with Crippen LogP contribution in [-0.4, -0.2) is 42.5 Å². The molecule has 0 fully saturated rings. The van der Waals surface area contributed by atoms with Crippen LogP contribution in [-0.2, 0) is 0 Å². The molecule has 1 amide bonds. The first-order valence-corrected chi connectivity index (χ1v) is 7.31. The zero-order valence-electron chi connectivity index (χ0n) is 12.8. The molecule has 0 spiro atoms. The van der Waals surface area contributed by atoms with E-state index in [0.29, 0.717) is 11.2 Å². The maximum Gasteiger partial charge on any atom is 0.274 e. The molecule has 1 aromatic carbocycles. The van der Waals surface area contributed by atoms with Crippen LogP contribution in [0.2, 0.25) is 0 Å². The van der Waals surface area contributed by atoms with E-state index in [0.717, 1.165) is 15.6 Å². The van der Waals surface area contributed by atoms with Gasteiger partial charge in [-0.25, -0.2) is 0 Å². The molecule has 25 heavy (non-hydrogen) atoms. The summed E-state index contributed by atoms with van der Waals surface area (Å²) in [6.45, 7) is 0.0862. The third-order valence-corrected chi connectivity index (χ3v) is 3.73. The summed E-state index contributed by atoms with van der Waals surface area (Å²) < 4.78 is 1.13. The summed E-state index contributed by atoms with van der Waals surface area (Å²) >= 11 is 0. The van der Waals surface area contributed by atoms with Gasteiger partial charge in [0.2, 0.25) is 0 Å². The predicted octanol–water partition coefficient (Wildman–Crippen LogP) is 0.324. The summed E-state index contributed by atoms with van der Waals surface area (Å²) in [5, 5.41) is 17.0. The number of nitrogens with one attached hydrogen (secondary N) is 3. The molecule has 0 saturated carbocycles. The molecule has 9 heteroatoms. The molecule has 9 nitrogen and oxygen atoms in total. The lowest BCUT2D eigenvalue weighted by atomic mass is 10.1. The zero-order chi connectivity index (χ0) is 17.4. The smallest absolute Gasteiger partial charge is 0.274 e. The number of rotatable bonds is 3. The van der Waals surface area contributed by atoms with Gasteiger partial charge in [0.05, 0.1) is 24.0 Å². The minimum Gasteiger partial charge on any atom is -0.341 e. The molecule has 122 valence electrons. The van der Waals surface area contributed by atoms with E-state index >= 15 is 0 Å². The second kappa shape index (κ2) is 5.61. The fourth-order valence-corrected chi connectivity index (χ4v) is 2.54. The molecule has 4 aromatic rings. The number of hydrogen-bond donors (Lipinski definition) is 3. The number of benzene rings is 1. The summed E-state index contributed by atoms with van der Waals surface area (Å²) in [5.74, 6) is 1.92. The van der Waals surface area contributed by atoms with Crippen LogP contribution in [0.3, 0.4) is 0 Å². The molecular weight excluding hydrogens is 322 g/mol. The highest BCUT2D eigenvalue weighted by Gasteiger charge is 2.15. The highest BCUT2D eigenvalue weighted by Crippen LogP contribution is 2.21. The molecule has 4 rings (SSSR count). The Kier molecular flexibility index (Phi) is 3.29. The SMILES string of the molecule is C#CCNC(=O)c1cnn2c(=O)cc(-c3ccc4[nH]nnc4c3)[nH]c12. The number of fused-ring (bicyclic) bond motifs is 2. The van der Waals surface area contributed by atoms with Crippen molar-refractivity contribution < 1.29 is 4.79 Å². The van der Waals surface area contributed by atoms with Gasteiger partial charge in [-0.15, -0.1) is 11.5 Å². The lowest BCUT2D eigenvalue weighted by Gasteiger charge is -2.04. The Balaban J connectivity index is 1.86. The predicted molar refractivity (Wildman–Crippen MR) is 89.9 cm³/mol. The first kappa shape index (κ1) is 14.6. The number of aromatic amines is 2. The van der Waals surface area contributed by atoms with Crippen LogP contribution in [0.5, 0.6) is 0 Å². The number of carbonyl (C=O) groups is 1. The van der Waals surface area contributed by atoms with E-state index in [1.165, 1.54) is 12.3 Å². The fourth-order valence-electron chi connectivity index (χ4n) is 2.54. The van der Waals surface area contributed by atoms with Crippen LogP contribution in [0.15, 0.2) is 35.3 Å². The Bertz CT molecular complexity index is 1210. The van der Waals surface area contributed by atoms with Crippen LogP contribution < -0.4 is 10.9 Å². The Morgan fingerprint density at radius 1 is 1.36 bits per heavy atom. The molecular formula is C16H11N7O2. The summed E-state index contributed by atoms with van der Waals surface area (Å²) in [6, 6.07) is 6.82. The summed E-state index contributed by atoms with van der Waals surface area (Å²) in [5.41, 5.74) is 2.88. The summed E-state index contributed by atoms with van der Waals surface area (Å²) in [6.07, 6.45) is 6.47. The van der Waals surface area contributed by atoms with Crippen LogP contribution in [0.1, 0.15) is 10.4 Å². The van der Waals surface area contributed by atoms with E-state index in [1.807, 2.05) is 12.1 Å². The first-order chi connectivity index (χ1) is 12.2. The minimum atomic E-state index is -0.410. The quantitative estimate of drug-likeness (QED) is 0.466. The number of terminal acetylenes is 1. The van der Waals surface area contributed by atoms with Gasteiger partial charge in [-0.2, -0.15) is 9.61 Å². The number of hydrogen-bond acceptors (Lipinski definition) is 5. The van der Waals surface area contributed by atoms with E-state index in [9.17, 15) is 9.59 Å². The molecule has 0 atom stereocenters. The second-order valence-corrected chi connectivity index (χ2v) is 5.27. The molecule has 0 unspecified atom stereocenters. The van der Waals surface area contributed by atoms with Crippen molar-refractivity contribution in [3.63, 3.8) is 0 Å². The van der Waals surface area contributed by atoms with E-state index in [2.05, 4.69) is 36.7 Å². The first-order valence-electron chi connectivity index (χ1n) is 7.31. The third kappa shape index (κ3) is 2.42. The molecule has 0 aliphatic heterocycles. The van der Waals surface area contributed by atoms with Crippen molar-refractivity contribution in [3.8, 4) is 23.6 Å². The normalized spacial score (nSPS) is 10.8. The van der Waals surface area contributed by atoms with E-state index < -0.39 is 5.91 Å². The number of aromatic nitrogens is 6. The van der Waals surface area contributed by atoms with Crippen molar-refractivity contribution in [2.45, 2.75) is 0 Å². The van der Waals surface area contributed by atoms with Crippen LogP contribution in [0.25, 0.3) is 27.9 Å². The van der Waals surface area contributed by atoms with E-state index in [-0.39, 0.29) is 23.3 Å². The highest BCUT2D eigenvalue weighted by molar-refractivity contribution is 6.00. The van der Waals surface area contributed by atoms with Crippen LogP contribution >= 0.6 is 0 Å². The minimum absolute atomic E-state index is 0.0862. The van der Waals surface area contributed by atoms with Gasteiger partial charge in [-0.1, -0.05) is 17.2 Å². The van der Waals surface area contributed by atoms with Crippen molar-refractivity contribution in [2.75, 3.05) is 6.54 Å². The van der Waals surface area contributed by atoms with Gasteiger partial charge >= 0.3 is 0 Å². The number of carbonyl (C=O) groups excluding carboxylic acids is 1. The Morgan fingerprint density at radius 2 is 2.24 bits per heavy atom.